The van der Waals surface area contributed by atoms with Crippen LogP contribution in [-0.4, -0.2) is 17.4 Å². The molecule has 2 aromatic rings. The molecule has 0 aliphatic carbocycles. The van der Waals surface area contributed by atoms with E-state index in [-0.39, 0.29) is 11.1 Å². The maximum absolute atomic E-state index is 12.6. The van der Waals surface area contributed by atoms with Gasteiger partial charge in [-0.1, -0.05) is 23.2 Å². The molecule has 2 heterocycles. The van der Waals surface area contributed by atoms with Gasteiger partial charge in [-0.25, -0.2) is 0 Å². The molecule has 1 aromatic carbocycles. The van der Waals surface area contributed by atoms with Crippen molar-refractivity contribution in [2.75, 3.05) is 17.2 Å². The van der Waals surface area contributed by atoms with Crippen LogP contribution < -0.4 is 10.6 Å². The van der Waals surface area contributed by atoms with Gasteiger partial charge >= 0.3 is 0 Å². The molecule has 0 spiro atoms. The molecule has 0 fully saturated rings. The summed E-state index contributed by atoms with van der Waals surface area (Å²) < 4.78 is 0. The van der Waals surface area contributed by atoms with Gasteiger partial charge in [-0.15, -0.1) is 0 Å². The molecule has 20 heavy (non-hydrogen) atoms. The smallest absolute Gasteiger partial charge is 0.274 e. The van der Waals surface area contributed by atoms with E-state index in [1.54, 1.807) is 17.0 Å². The first-order valence-electron chi connectivity index (χ1n) is 6.30. The maximum atomic E-state index is 12.6. The molecular weight excluding hydrogens is 297 g/mol. The molecule has 104 valence electrons. The highest BCUT2D eigenvalue weighted by Gasteiger charge is 2.25. The summed E-state index contributed by atoms with van der Waals surface area (Å²) in [5.41, 5.74) is 8.89. The van der Waals surface area contributed by atoms with Gasteiger partial charge in [0.2, 0.25) is 0 Å². The number of carbonyl (C=O) groups is 1. The van der Waals surface area contributed by atoms with E-state index in [9.17, 15) is 4.79 Å². The number of nitrogens with zero attached hydrogens (tertiary/aromatic N) is 1. The highest BCUT2D eigenvalue weighted by molar-refractivity contribution is 6.41. The van der Waals surface area contributed by atoms with Gasteiger partial charge < -0.3 is 15.6 Å². The second-order valence-electron chi connectivity index (χ2n) is 4.79. The zero-order valence-corrected chi connectivity index (χ0v) is 12.1. The summed E-state index contributed by atoms with van der Waals surface area (Å²) in [6.45, 7) is 0.671. The number of carbonyl (C=O) groups excluding carboxylic acids is 1. The van der Waals surface area contributed by atoms with Crippen molar-refractivity contribution in [2.24, 2.45) is 0 Å². The van der Waals surface area contributed by atoms with E-state index < -0.39 is 0 Å². The predicted octanol–water partition coefficient (Wildman–Crippen LogP) is 3.50. The SMILES string of the molecule is Nc1ccc2c(c1)CCCN2C(=O)c1cc(Cl)c(Cl)[nH]1. The number of fused-ring (bicyclic) bond motifs is 1. The van der Waals surface area contributed by atoms with E-state index in [2.05, 4.69) is 4.98 Å². The first kappa shape index (κ1) is 13.3. The average molecular weight is 310 g/mol. The Kier molecular flexibility index (Phi) is 3.36. The summed E-state index contributed by atoms with van der Waals surface area (Å²) in [7, 11) is 0. The van der Waals surface area contributed by atoms with Crippen molar-refractivity contribution in [3.63, 3.8) is 0 Å². The molecule has 0 saturated carbocycles. The van der Waals surface area contributed by atoms with Crippen LogP contribution in [0.3, 0.4) is 0 Å². The molecule has 1 amide bonds. The first-order chi connectivity index (χ1) is 9.56. The summed E-state index contributed by atoms with van der Waals surface area (Å²) >= 11 is 11.7. The lowest BCUT2D eigenvalue weighted by Gasteiger charge is -2.29. The molecule has 0 atom stereocenters. The third-order valence-corrected chi connectivity index (χ3v) is 4.12. The quantitative estimate of drug-likeness (QED) is 0.792. The number of aromatic nitrogens is 1. The minimum absolute atomic E-state index is 0.135. The Bertz CT molecular complexity index is 662. The van der Waals surface area contributed by atoms with Gasteiger partial charge in [-0.05, 0) is 42.7 Å². The van der Waals surface area contributed by atoms with Gasteiger partial charge in [0, 0.05) is 17.9 Å². The van der Waals surface area contributed by atoms with Gasteiger partial charge in [-0.2, -0.15) is 0 Å². The number of anilines is 2. The molecule has 0 bridgehead atoms. The largest absolute Gasteiger partial charge is 0.399 e. The van der Waals surface area contributed by atoms with Crippen molar-refractivity contribution >= 4 is 40.5 Å². The summed E-state index contributed by atoms with van der Waals surface area (Å²) in [6.07, 6.45) is 1.83. The lowest BCUT2D eigenvalue weighted by atomic mass is 10.0. The fraction of sp³-hybridized carbons (Fsp3) is 0.214. The Morgan fingerprint density at radius 3 is 2.80 bits per heavy atom. The second kappa shape index (κ2) is 5.04. The molecule has 1 aliphatic rings. The van der Waals surface area contributed by atoms with Crippen LogP contribution in [-0.2, 0) is 6.42 Å². The Labute approximate surface area is 126 Å². The van der Waals surface area contributed by atoms with Crippen molar-refractivity contribution in [3.8, 4) is 0 Å². The molecule has 3 rings (SSSR count). The fourth-order valence-corrected chi connectivity index (χ4v) is 2.81. The number of nitrogen functional groups attached to an aromatic ring is 1. The van der Waals surface area contributed by atoms with E-state index in [0.717, 1.165) is 24.1 Å². The van der Waals surface area contributed by atoms with Crippen LogP contribution in [0.4, 0.5) is 11.4 Å². The summed E-state index contributed by atoms with van der Waals surface area (Å²) in [5, 5.41) is 0.633. The molecule has 0 radical (unpaired) electrons. The number of hydrogen-bond donors (Lipinski definition) is 2. The van der Waals surface area contributed by atoms with Gasteiger partial charge in [-0.3, -0.25) is 4.79 Å². The number of nitrogens with two attached hydrogens (primary N) is 1. The lowest BCUT2D eigenvalue weighted by molar-refractivity contribution is 0.0981. The highest BCUT2D eigenvalue weighted by atomic mass is 35.5. The van der Waals surface area contributed by atoms with Crippen LogP contribution in [0.5, 0.6) is 0 Å². The maximum Gasteiger partial charge on any atom is 0.274 e. The van der Waals surface area contributed by atoms with Gasteiger partial charge in [0.15, 0.2) is 0 Å². The Hall–Kier alpha value is -1.65. The number of rotatable bonds is 1. The molecule has 0 unspecified atom stereocenters. The summed E-state index contributed by atoms with van der Waals surface area (Å²) in [5.74, 6) is -0.135. The molecule has 6 heteroatoms. The van der Waals surface area contributed by atoms with Gasteiger partial charge in [0.1, 0.15) is 10.8 Å². The molecule has 4 nitrogen and oxygen atoms in total. The molecular formula is C14H13Cl2N3O. The van der Waals surface area contributed by atoms with E-state index in [1.165, 1.54) is 0 Å². The van der Waals surface area contributed by atoms with Crippen molar-refractivity contribution in [2.45, 2.75) is 12.8 Å². The Morgan fingerprint density at radius 1 is 1.30 bits per heavy atom. The number of halogens is 2. The monoisotopic (exact) mass is 309 g/mol. The third-order valence-electron chi connectivity index (χ3n) is 3.42. The summed E-state index contributed by atoms with van der Waals surface area (Å²) in [4.78, 5) is 17.1. The standard InChI is InChI=1S/C14H13Cl2N3O/c15-10-7-11(18-13(10)16)14(20)19-5-1-2-8-6-9(17)3-4-12(8)19/h3-4,6-7,18H,1-2,5,17H2. The number of aryl methyl sites for hydroxylation is 1. The lowest BCUT2D eigenvalue weighted by Crippen LogP contribution is -2.35. The van der Waals surface area contributed by atoms with E-state index in [0.29, 0.717) is 22.9 Å². The van der Waals surface area contributed by atoms with Crippen LogP contribution in [0.15, 0.2) is 24.3 Å². The van der Waals surface area contributed by atoms with Crippen LogP contribution >= 0.6 is 23.2 Å². The number of aromatic amines is 1. The molecule has 3 N–H and O–H groups in total. The zero-order valence-electron chi connectivity index (χ0n) is 10.6. The third kappa shape index (κ3) is 2.25. The van der Waals surface area contributed by atoms with Crippen molar-refractivity contribution in [1.29, 1.82) is 0 Å². The Morgan fingerprint density at radius 2 is 2.10 bits per heavy atom. The Balaban J connectivity index is 1.98. The van der Waals surface area contributed by atoms with Crippen molar-refractivity contribution < 1.29 is 4.79 Å². The highest BCUT2D eigenvalue weighted by Crippen LogP contribution is 2.31. The first-order valence-corrected chi connectivity index (χ1v) is 7.06. The van der Waals surface area contributed by atoms with Gasteiger partial charge in [0.05, 0.1) is 5.02 Å². The molecule has 1 aromatic heterocycles. The fourth-order valence-electron chi connectivity index (χ4n) is 2.49. The normalized spacial score (nSPS) is 14.2. The van der Waals surface area contributed by atoms with E-state index in [1.807, 2.05) is 12.1 Å². The number of H-pyrrole nitrogens is 1. The predicted molar refractivity (Wildman–Crippen MR) is 81.7 cm³/mol. The van der Waals surface area contributed by atoms with Crippen LogP contribution in [0, 0.1) is 0 Å². The van der Waals surface area contributed by atoms with Crippen molar-refractivity contribution in [3.05, 3.63) is 45.7 Å². The average Bonchev–Trinajstić information content (AvgIpc) is 2.77. The number of amides is 1. The topological polar surface area (TPSA) is 62.1 Å². The molecule has 1 aliphatic heterocycles. The van der Waals surface area contributed by atoms with Crippen LogP contribution in [0.25, 0.3) is 0 Å². The number of nitrogens with one attached hydrogen (secondary N) is 1. The van der Waals surface area contributed by atoms with Crippen molar-refractivity contribution in [1.82, 2.24) is 4.98 Å². The minimum atomic E-state index is -0.135. The number of hydrogen-bond acceptors (Lipinski definition) is 2. The van der Waals surface area contributed by atoms with E-state index in [4.69, 9.17) is 28.9 Å². The van der Waals surface area contributed by atoms with Crippen LogP contribution in [0.1, 0.15) is 22.5 Å². The van der Waals surface area contributed by atoms with Crippen LogP contribution in [0.2, 0.25) is 10.2 Å². The second-order valence-corrected chi connectivity index (χ2v) is 5.58. The van der Waals surface area contributed by atoms with Gasteiger partial charge in [0.25, 0.3) is 5.91 Å². The van der Waals surface area contributed by atoms with E-state index >= 15 is 0 Å². The summed E-state index contributed by atoms with van der Waals surface area (Å²) in [6, 6.07) is 7.16. The number of benzene rings is 1. The minimum Gasteiger partial charge on any atom is -0.399 e. The zero-order chi connectivity index (χ0) is 14.3. The molecule has 0 saturated heterocycles.